The summed E-state index contributed by atoms with van der Waals surface area (Å²) in [6.07, 6.45) is 6.18. The number of ether oxygens (including phenoxy) is 1. The van der Waals surface area contributed by atoms with Crippen molar-refractivity contribution in [2.75, 3.05) is 19.7 Å². The Morgan fingerprint density at radius 1 is 1.38 bits per heavy atom. The van der Waals surface area contributed by atoms with Crippen LogP contribution in [0.3, 0.4) is 0 Å². The molecule has 24 heavy (non-hydrogen) atoms. The SMILES string of the molecule is CCC1CN(C(=O)C=Cc2cn(Cc3ccccc3)nn2)CCO1. The fourth-order valence-electron chi connectivity index (χ4n) is 2.67. The van der Waals surface area contributed by atoms with Crippen molar-refractivity contribution in [1.82, 2.24) is 19.9 Å². The minimum atomic E-state index is -0.00522. The maximum atomic E-state index is 12.3. The molecule has 1 aliphatic heterocycles. The Labute approximate surface area is 141 Å². The topological polar surface area (TPSA) is 60.2 Å². The number of carbonyl (C=O) groups is 1. The molecular formula is C18H22N4O2. The minimum Gasteiger partial charge on any atom is -0.375 e. The van der Waals surface area contributed by atoms with E-state index in [-0.39, 0.29) is 12.0 Å². The summed E-state index contributed by atoms with van der Waals surface area (Å²) in [6, 6.07) is 10.1. The maximum Gasteiger partial charge on any atom is 0.246 e. The fraction of sp³-hybridized carbons (Fsp3) is 0.389. The predicted molar refractivity (Wildman–Crippen MR) is 91.2 cm³/mol. The molecule has 3 rings (SSSR count). The first kappa shape index (κ1) is 16.4. The van der Waals surface area contributed by atoms with Crippen molar-refractivity contribution < 1.29 is 9.53 Å². The number of rotatable bonds is 5. The van der Waals surface area contributed by atoms with Crippen LogP contribution in [0.4, 0.5) is 0 Å². The third-order valence-electron chi connectivity index (χ3n) is 4.05. The molecule has 2 aromatic rings. The summed E-state index contributed by atoms with van der Waals surface area (Å²) in [7, 11) is 0. The summed E-state index contributed by atoms with van der Waals surface area (Å²) in [6.45, 7) is 4.63. The van der Waals surface area contributed by atoms with E-state index in [4.69, 9.17) is 4.74 Å². The Balaban J connectivity index is 1.57. The van der Waals surface area contributed by atoms with Crippen LogP contribution in [0.5, 0.6) is 0 Å². The van der Waals surface area contributed by atoms with Gasteiger partial charge in [0.2, 0.25) is 5.91 Å². The molecule has 0 N–H and O–H groups in total. The standard InChI is InChI=1S/C18H22N4O2/c1-2-17-14-21(10-11-24-17)18(23)9-8-16-13-22(20-19-16)12-15-6-4-3-5-7-15/h3-9,13,17H,2,10-12,14H2,1H3. The molecule has 0 spiro atoms. The van der Waals surface area contributed by atoms with Crippen LogP contribution in [0.2, 0.25) is 0 Å². The van der Waals surface area contributed by atoms with Gasteiger partial charge < -0.3 is 9.64 Å². The van der Waals surface area contributed by atoms with E-state index in [1.54, 1.807) is 16.8 Å². The van der Waals surface area contributed by atoms with E-state index in [2.05, 4.69) is 17.2 Å². The summed E-state index contributed by atoms with van der Waals surface area (Å²) in [5, 5.41) is 8.19. The van der Waals surface area contributed by atoms with E-state index >= 15 is 0 Å². The smallest absolute Gasteiger partial charge is 0.246 e. The zero-order chi connectivity index (χ0) is 16.8. The third kappa shape index (κ3) is 4.29. The first-order valence-electron chi connectivity index (χ1n) is 8.27. The van der Waals surface area contributed by atoms with E-state index in [1.165, 1.54) is 0 Å². The lowest BCUT2D eigenvalue weighted by atomic mass is 10.2. The lowest BCUT2D eigenvalue weighted by Gasteiger charge is -2.31. The van der Waals surface area contributed by atoms with E-state index in [1.807, 2.05) is 41.4 Å². The number of amides is 1. The monoisotopic (exact) mass is 326 g/mol. The van der Waals surface area contributed by atoms with E-state index < -0.39 is 0 Å². The molecule has 0 saturated carbocycles. The zero-order valence-electron chi connectivity index (χ0n) is 13.8. The van der Waals surface area contributed by atoms with Gasteiger partial charge in [-0.05, 0) is 18.1 Å². The highest BCUT2D eigenvalue weighted by Gasteiger charge is 2.21. The van der Waals surface area contributed by atoms with Crippen LogP contribution < -0.4 is 0 Å². The molecule has 2 heterocycles. The summed E-state index contributed by atoms with van der Waals surface area (Å²) >= 11 is 0. The molecule has 1 fully saturated rings. The number of morpholine rings is 1. The molecule has 1 amide bonds. The first-order valence-corrected chi connectivity index (χ1v) is 8.27. The van der Waals surface area contributed by atoms with Gasteiger partial charge >= 0.3 is 0 Å². The van der Waals surface area contributed by atoms with Gasteiger partial charge in [-0.2, -0.15) is 0 Å². The number of carbonyl (C=O) groups excluding carboxylic acids is 1. The van der Waals surface area contributed by atoms with Gasteiger partial charge in [-0.15, -0.1) is 5.10 Å². The van der Waals surface area contributed by atoms with Crippen LogP contribution in [0.15, 0.2) is 42.6 Å². The van der Waals surface area contributed by atoms with Crippen LogP contribution in [-0.2, 0) is 16.1 Å². The zero-order valence-corrected chi connectivity index (χ0v) is 13.8. The van der Waals surface area contributed by atoms with Crippen LogP contribution >= 0.6 is 0 Å². The Hall–Kier alpha value is -2.47. The molecule has 126 valence electrons. The molecule has 1 saturated heterocycles. The number of nitrogens with zero attached hydrogens (tertiary/aromatic N) is 4. The maximum absolute atomic E-state index is 12.3. The second-order valence-corrected chi connectivity index (χ2v) is 5.85. The summed E-state index contributed by atoms with van der Waals surface area (Å²) in [5.41, 5.74) is 1.84. The van der Waals surface area contributed by atoms with Crippen LogP contribution in [0.25, 0.3) is 6.08 Å². The van der Waals surface area contributed by atoms with Crippen molar-refractivity contribution in [3.05, 3.63) is 53.9 Å². The number of aromatic nitrogens is 3. The van der Waals surface area contributed by atoms with Crippen molar-refractivity contribution in [2.24, 2.45) is 0 Å². The molecule has 6 heteroatoms. The van der Waals surface area contributed by atoms with E-state index in [9.17, 15) is 4.79 Å². The van der Waals surface area contributed by atoms with Crippen molar-refractivity contribution in [3.8, 4) is 0 Å². The van der Waals surface area contributed by atoms with Crippen molar-refractivity contribution in [2.45, 2.75) is 26.0 Å². The van der Waals surface area contributed by atoms with Crippen LogP contribution in [0, 0.1) is 0 Å². The number of hydrogen-bond acceptors (Lipinski definition) is 4. The molecule has 0 bridgehead atoms. The molecule has 1 unspecified atom stereocenters. The quantitative estimate of drug-likeness (QED) is 0.788. The average molecular weight is 326 g/mol. The summed E-state index contributed by atoms with van der Waals surface area (Å²) < 4.78 is 7.35. The number of hydrogen-bond donors (Lipinski definition) is 0. The molecule has 1 aromatic carbocycles. The van der Waals surface area contributed by atoms with Gasteiger partial charge in [0.15, 0.2) is 0 Å². The Kier molecular flexibility index (Phi) is 5.38. The second kappa shape index (κ2) is 7.88. The number of benzene rings is 1. The normalized spacial score (nSPS) is 18.2. The third-order valence-corrected chi connectivity index (χ3v) is 4.05. The highest BCUT2D eigenvalue weighted by molar-refractivity contribution is 5.91. The summed E-state index contributed by atoms with van der Waals surface area (Å²) in [5.74, 6) is -0.00522. The Morgan fingerprint density at radius 3 is 3.00 bits per heavy atom. The fourth-order valence-corrected chi connectivity index (χ4v) is 2.67. The molecule has 0 aliphatic carbocycles. The van der Waals surface area contributed by atoms with Gasteiger partial charge in [-0.3, -0.25) is 4.79 Å². The van der Waals surface area contributed by atoms with Gasteiger partial charge in [0.1, 0.15) is 5.69 Å². The lowest BCUT2D eigenvalue weighted by molar-refractivity contribution is -0.133. The summed E-state index contributed by atoms with van der Waals surface area (Å²) in [4.78, 5) is 14.1. The van der Waals surface area contributed by atoms with Crippen LogP contribution in [0.1, 0.15) is 24.6 Å². The van der Waals surface area contributed by atoms with E-state index in [0.29, 0.717) is 31.9 Å². The Morgan fingerprint density at radius 2 is 2.21 bits per heavy atom. The van der Waals surface area contributed by atoms with Crippen molar-refractivity contribution >= 4 is 12.0 Å². The highest BCUT2D eigenvalue weighted by Crippen LogP contribution is 2.09. The highest BCUT2D eigenvalue weighted by atomic mass is 16.5. The van der Waals surface area contributed by atoms with E-state index in [0.717, 1.165) is 12.0 Å². The second-order valence-electron chi connectivity index (χ2n) is 5.85. The molecule has 1 aromatic heterocycles. The van der Waals surface area contributed by atoms with Crippen molar-refractivity contribution in [1.29, 1.82) is 0 Å². The molecular weight excluding hydrogens is 304 g/mol. The Bertz CT molecular complexity index is 696. The van der Waals surface area contributed by atoms with Crippen LogP contribution in [-0.4, -0.2) is 51.6 Å². The van der Waals surface area contributed by atoms with Gasteiger partial charge in [0, 0.05) is 19.2 Å². The molecule has 0 radical (unpaired) electrons. The molecule has 1 atom stereocenters. The first-order chi connectivity index (χ1) is 11.7. The predicted octanol–water partition coefficient (Wildman–Crippen LogP) is 1.98. The minimum absolute atomic E-state index is 0.00522. The molecule has 6 nitrogen and oxygen atoms in total. The lowest BCUT2D eigenvalue weighted by Crippen LogP contribution is -2.44. The van der Waals surface area contributed by atoms with Crippen molar-refractivity contribution in [3.63, 3.8) is 0 Å². The average Bonchev–Trinajstić information content (AvgIpc) is 3.08. The molecule has 1 aliphatic rings. The largest absolute Gasteiger partial charge is 0.375 e. The van der Waals surface area contributed by atoms with Gasteiger partial charge in [0.05, 0.1) is 25.5 Å². The van der Waals surface area contributed by atoms with Gasteiger partial charge in [-0.25, -0.2) is 4.68 Å². The van der Waals surface area contributed by atoms with Gasteiger partial charge in [-0.1, -0.05) is 42.5 Å². The van der Waals surface area contributed by atoms with Gasteiger partial charge in [0.25, 0.3) is 0 Å².